The van der Waals surface area contributed by atoms with Crippen LogP contribution in [0.15, 0.2) is 42.6 Å². The van der Waals surface area contributed by atoms with Gasteiger partial charge in [0.15, 0.2) is 0 Å². The average molecular weight is 315 g/mol. The third kappa shape index (κ3) is 5.27. The van der Waals surface area contributed by atoms with Gasteiger partial charge in [-0.1, -0.05) is 17.7 Å². The Morgan fingerprint density at radius 1 is 1.22 bits per heavy atom. The molecule has 0 radical (unpaired) electrons. The highest BCUT2D eigenvalue weighted by Gasteiger charge is 2.08. The monoisotopic (exact) mass is 315 g/mol. The van der Waals surface area contributed by atoms with E-state index in [0.29, 0.717) is 24.7 Å². The number of aryl methyl sites for hydroxylation is 1. The summed E-state index contributed by atoms with van der Waals surface area (Å²) < 4.78 is 10.6. The van der Waals surface area contributed by atoms with E-state index in [1.165, 1.54) is 5.56 Å². The van der Waals surface area contributed by atoms with Crippen LogP contribution < -0.4 is 10.1 Å². The van der Waals surface area contributed by atoms with Crippen molar-refractivity contribution in [3.05, 3.63) is 48.2 Å². The van der Waals surface area contributed by atoms with Gasteiger partial charge in [-0.3, -0.25) is 0 Å². The smallest absolute Gasteiger partial charge is 0.321 e. The maximum absolute atomic E-state index is 11.9. The lowest BCUT2D eigenvalue weighted by Crippen LogP contribution is -2.33. The topological polar surface area (TPSA) is 63.7 Å². The van der Waals surface area contributed by atoms with Gasteiger partial charge in [0.25, 0.3) is 0 Å². The quantitative estimate of drug-likeness (QED) is 0.888. The van der Waals surface area contributed by atoms with Crippen LogP contribution in [-0.2, 0) is 4.74 Å². The summed E-state index contributed by atoms with van der Waals surface area (Å²) in [5.41, 5.74) is 1.77. The van der Waals surface area contributed by atoms with Crippen LogP contribution in [0.4, 0.5) is 10.5 Å². The van der Waals surface area contributed by atoms with E-state index < -0.39 is 0 Å². The Labute approximate surface area is 136 Å². The van der Waals surface area contributed by atoms with Crippen molar-refractivity contribution in [3.63, 3.8) is 0 Å². The predicted octanol–water partition coefficient (Wildman–Crippen LogP) is 3.29. The van der Waals surface area contributed by atoms with E-state index in [9.17, 15) is 4.79 Å². The Bertz CT molecular complexity index is 627. The molecule has 1 heterocycles. The highest BCUT2D eigenvalue weighted by molar-refractivity contribution is 5.88. The highest BCUT2D eigenvalue weighted by Crippen LogP contribution is 2.20. The molecule has 0 aliphatic heterocycles. The van der Waals surface area contributed by atoms with Gasteiger partial charge in [0, 0.05) is 26.8 Å². The number of likely N-dealkylation sites (N-methyl/N-ethyl adjacent to an activating group) is 1. The number of hydrogen-bond donors (Lipinski definition) is 1. The Hall–Kier alpha value is -2.60. The third-order valence-electron chi connectivity index (χ3n) is 3.21. The second-order valence-electron chi connectivity index (χ2n) is 5.14. The van der Waals surface area contributed by atoms with Crippen LogP contribution in [0, 0.1) is 6.92 Å². The van der Waals surface area contributed by atoms with Crippen molar-refractivity contribution >= 4 is 11.7 Å². The number of nitrogens with zero attached hydrogens (tertiary/aromatic N) is 2. The standard InChI is InChI=1S/C17H21N3O3/c1-13-4-7-15(8-5-13)23-16-9-6-14(12-18-16)19-17(21)20(2)10-11-22-3/h4-9,12H,10-11H2,1-3H3,(H,19,21). The maximum atomic E-state index is 11.9. The van der Waals surface area contributed by atoms with Gasteiger partial charge < -0.3 is 19.7 Å². The largest absolute Gasteiger partial charge is 0.439 e. The summed E-state index contributed by atoms with van der Waals surface area (Å²) in [4.78, 5) is 17.7. The number of pyridine rings is 1. The summed E-state index contributed by atoms with van der Waals surface area (Å²) in [7, 11) is 3.30. The van der Waals surface area contributed by atoms with Crippen LogP contribution >= 0.6 is 0 Å². The van der Waals surface area contributed by atoms with Crippen molar-refractivity contribution in [1.29, 1.82) is 0 Å². The first-order valence-corrected chi connectivity index (χ1v) is 7.30. The molecule has 122 valence electrons. The molecule has 0 aliphatic carbocycles. The average Bonchev–Trinajstić information content (AvgIpc) is 2.56. The fraction of sp³-hybridized carbons (Fsp3) is 0.294. The summed E-state index contributed by atoms with van der Waals surface area (Å²) in [6, 6.07) is 11.0. The SMILES string of the molecule is COCCN(C)C(=O)Nc1ccc(Oc2ccc(C)cc2)nc1. The number of anilines is 1. The Kier molecular flexibility index (Phi) is 5.94. The minimum atomic E-state index is -0.212. The molecule has 0 unspecified atom stereocenters. The number of benzene rings is 1. The summed E-state index contributed by atoms with van der Waals surface area (Å²) >= 11 is 0. The van der Waals surface area contributed by atoms with Crippen LogP contribution in [0.5, 0.6) is 11.6 Å². The molecule has 0 saturated carbocycles. The Balaban J connectivity index is 1.91. The van der Waals surface area contributed by atoms with Gasteiger partial charge >= 0.3 is 6.03 Å². The molecule has 2 amide bonds. The predicted molar refractivity (Wildman–Crippen MR) is 89.0 cm³/mol. The molecule has 6 nitrogen and oxygen atoms in total. The molecule has 0 spiro atoms. The van der Waals surface area contributed by atoms with Crippen molar-refractivity contribution < 1.29 is 14.3 Å². The normalized spacial score (nSPS) is 10.2. The van der Waals surface area contributed by atoms with Crippen molar-refractivity contribution in [1.82, 2.24) is 9.88 Å². The van der Waals surface area contributed by atoms with E-state index in [-0.39, 0.29) is 6.03 Å². The van der Waals surface area contributed by atoms with Gasteiger partial charge in [0.2, 0.25) is 5.88 Å². The van der Waals surface area contributed by atoms with Crippen LogP contribution in [0.1, 0.15) is 5.56 Å². The minimum absolute atomic E-state index is 0.212. The van der Waals surface area contributed by atoms with E-state index in [2.05, 4.69) is 10.3 Å². The fourth-order valence-electron chi connectivity index (χ4n) is 1.79. The summed E-state index contributed by atoms with van der Waals surface area (Å²) in [5.74, 6) is 1.19. The molecule has 1 aromatic carbocycles. The molecule has 2 aromatic rings. The van der Waals surface area contributed by atoms with E-state index >= 15 is 0 Å². The molecular formula is C17H21N3O3. The van der Waals surface area contributed by atoms with Crippen molar-refractivity contribution in [3.8, 4) is 11.6 Å². The molecule has 23 heavy (non-hydrogen) atoms. The Morgan fingerprint density at radius 2 is 1.96 bits per heavy atom. The van der Waals surface area contributed by atoms with E-state index in [1.54, 1.807) is 37.4 Å². The van der Waals surface area contributed by atoms with Crippen LogP contribution in [0.25, 0.3) is 0 Å². The van der Waals surface area contributed by atoms with Gasteiger partial charge in [-0.25, -0.2) is 9.78 Å². The molecule has 2 rings (SSSR count). The molecular weight excluding hydrogens is 294 g/mol. The van der Waals surface area contributed by atoms with E-state index in [1.807, 2.05) is 31.2 Å². The maximum Gasteiger partial charge on any atom is 0.321 e. The molecule has 1 aromatic heterocycles. The summed E-state index contributed by atoms with van der Waals surface area (Å²) in [6.45, 7) is 3.03. The molecule has 0 atom stereocenters. The lowest BCUT2D eigenvalue weighted by Gasteiger charge is -2.17. The lowest BCUT2D eigenvalue weighted by atomic mass is 10.2. The first kappa shape index (κ1) is 16.8. The minimum Gasteiger partial charge on any atom is -0.439 e. The number of nitrogens with one attached hydrogen (secondary N) is 1. The van der Waals surface area contributed by atoms with Crippen LogP contribution in [0.3, 0.4) is 0 Å². The zero-order valence-corrected chi connectivity index (χ0v) is 13.6. The number of methoxy groups -OCH3 is 1. The zero-order chi connectivity index (χ0) is 16.7. The zero-order valence-electron chi connectivity index (χ0n) is 13.6. The third-order valence-corrected chi connectivity index (χ3v) is 3.21. The number of urea groups is 1. The highest BCUT2D eigenvalue weighted by atomic mass is 16.5. The van der Waals surface area contributed by atoms with Crippen LogP contribution in [0.2, 0.25) is 0 Å². The fourth-order valence-corrected chi connectivity index (χ4v) is 1.79. The lowest BCUT2D eigenvalue weighted by molar-refractivity contribution is 0.165. The van der Waals surface area contributed by atoms with Gasteiger partial charge in [0.1, 0.15) is 5.75 Å². The number of hydrogen-bond acceptors (Lipinski definition) is 4. The van der Waals surface area contributed by atoms with Gasteiger partial charge in [-0.15, -0.1) is 0 Å². The molecule has 0 aliphatic rings. The number of carbonyl (C=O) groups is 1. The number of ether oxygens (including phenoxy) is 2. The van der Waals surface area contributed by atoms with E-state index in [0.717, 1.165) is 5.75 Å². The number of rotatable bonds is 6. The van der Waals surface area contributed by atoms with Crippen LogP contribution in [-0.4, -0.2) is 43.2 Å². The summed E-state index contributed by atoms with van der Waals surface area (Å²) in [5, 5.41) is 2.76. The Morgan fingerprint density at radius 3 is 2.57 bits per heavy atom. The number of amides is 2. The first-order chi connectivity index (χ1) is 11.1. The molecule has 6 heteroatoms. The number of aromatic nitrogens is 1. The van der Waals surface area contributed by atoms with Crippen molar-refractivity contribution in [2.75, 3.05) is 32.6 Å². The first-order valence-electron chi connectivity index (χ1n) is 7.30. The van der Waals surface area contributed by atoms with E-state index in [4.69, 9.17) is 9.47 Å². The van der Waals surface area contributed by atoms with Gasteiger partial charge in [0.05, 0.1) is 18.5 Å². The second kappa shape index (κ2) is 8.14. The molecule has 0 fully saturated rings. The van der Waals surface area contributed by atoms with Gasteiger partial charge in [-0.2, -0.15) is 0 Å². The molecule has 0 bridgehead atoms. The number of carbonyl (C=O) groups excluding carboxylic acids is 1. The summed E-state index contributed by atoms with van der Waals surface area (Å²) in [6.07, 6.45) is 1.56. The second-order valence-corrected chi connectivity index (χ2v) is 5.14. The molecule has 1 N–H and O–H groups in total. The van der Waals surface area contributed by atoms with Crippen molar-refractivity contribution in [2.45, 2.75) is 6.92 Å². The van der Waals surface area contributed by atoms with Crippen molar-refractivity contribution in [2.24, 2.45) is 0 Å². The molecule has 0 saturated heterocycles. The van der Waals surface area contributed by atoms with Gasteiger partial charge in [-0.05, 0) is 25.1 Å².